The van der Waals surface area contributed by atoms with Crippen molar-refractivity contribution in [2.24, 2.45) is 0 Å². The van der Waals surface area contributed by atoms with Crippen molar-refractivity contribution in [1.82, 2.24) is 9.80 Å². The van der Waals surface area contributed by atoms with Crippen LogP contribution in [-0.4, -0.2) is 54.4 Å². The van der Waals surface area contributed by atoms with Crippen LogP contribution in [0.25, 0.3) is 0 Å². The van der Waals surface area contributed by atoms with Crippen molar-refractivity contribution in [2.75, 3.05) is 32.8 Å². The summed E-state index contributed by atoms with van der Waals surface area (Å²) in [6.07, 6.45) is 2.23. The second-order valence-corrected chi connectivity index (χ2v) is 7.21. The number of carbonyl (C=O) groups is 2. The Balaban J connectivity index is 1.30. The smallest absolute Gasteiger partial charge is 0.289 e. The van der Waals surface area contributed by atoms with Crippen LogP contribution in [0.5, 0.6) is 5.75 Å². The van der Waals surface area contributed by atoms with Gasteiger partial charge in [0.2, 0.25) is 0 Å². The van der Waals surface area contributed by atoms with Crippen molar-refractivity contribution in [1.29, 1.82) is 0 Å². The number of ether oxygens (including phenoxy) is 1. The molecule has 2 heterocycles. The number of para-hydroxylation sites is 1. The van der Waals surface area contributed by atoms with E-state index in [1.807, 2.05) is 42.5 Å². The summed E-state index contributed by atoms with van der Waals surface area (Å²) in [5.41, 5.74) is 2.24. The van der Waals surface area contributed by atoms with Crippen LogP contribution in [0.3, 0.4) is 0 Å². The number of hydrogen-bond donors (Lipinski definition) is 0. The molecule has 1 aromatic heterocycles. The molecule has 0 unspecified atom stereocenters. The Morgan fingerprint density at radius 2 is 1.53 bits per heavy atom. The summed E-state index contributed by atoms with van der Waals surface area (Å²) in [6, 6.07) is 21.3. The third-order valence-electron chi connectivity index (χ3n) is 5.21. The quantitative estimate of drug-likeness (QED) is 0.633. The van der Waals surface area contributed by atoms with Gasteiger partial charge in [0, 0.05) is 32.6 Å². The number of furan rings is 1. The number of hydrogen-bond acceptors (Lipinski definition) is 4. The average Bonchev–Trinajstić information content (AvgIpc) is 3.34. The van der Waals surface area contributed by atoms with Gasteiger partial charge in [-0.3, -0.25) is 9.59 Å². The van der Waals surface area contributed by atoms with Crippen molar-refractivity contribution in [3.63, 3.8) is 0 Å². The molecular weight excluding hydrogens is 380 g/mol. The van der Waals surface area contributed by atoms with E-state index in [4.69, 9.17) is 9.15 Å². The Morgan fingerprint density at radius 3 is 2.27 bits per heavy atom. The molecule has 0 bridgehead atoms. The number of piperazine rings is 1. The summed E-state index contributed by atoms with van der Waals surface area (Å²) in [4.78, 5) is 28.4. The molecule has 0 atom stereocenters. The molecule has 6 nitrogen and oxygen atoms in total. The van der Waals surface area contributed by atoms with Crippen molar-refractivity contribution >= 4 is 11.8 Å². The SMILES string of the molecule is O=C(COc1ccccc1Cc1ccccc1)N1CCN(C(=O)c2ccco2)CC1. The highest BCUT2D eigenvalue weighted by atomic mass is 16.5. The molecule has 6 heteroatoms. The van der Waals surface area contributed by atoms with E-state index in [0.29, 0.717) is 31.9 Å². The second-order valence-electron chi connectivity index (χ2n) is 7.21. The minimum Gasteiger partial charge on any atom is -0.483 e. The van der Waals surface area contributed by atoms with E-state index in [1.165, 1.54) is 11.8 Å². The summed E-state index contributed by atoms with van der Waals surface area (Å²) >= 11 is 0. The van der Waals surface area contributed by atoms with Gasteiger partial charge in [0.25, 0.3) is 11.8 Å². The number of nitrogens with zero attached hydrogens (tertiary/aromatic N) is 2. The van der Waals surface area contributed by atoms with Gasteiger partial charge in [-0.15, -0.1) is 0 Å². The molecule has 1 saturated heterocycles. The highest BCUT2D eigenvalue weighted by molar-refractivity contribution is 5.91. The van der Waals surface area contributed by atoms with E-state index in [1.54, 1.807) is 21.9 Å². The molecule has 1 aliphatic rings. The first-order chi connectivity index (χ1) is 14.7. The normalized spacial score (nSPS) is 13.9. The molecule has 0 N–H and O–H groups in total. The number of amides is 2. The van der Waals surface area contributed by atoms with Gasteiger partial charge in [0.05, 0.1) is 6.26 Å². The van der Waals surface area contributed by atoms with E-state index in [-0.39, 0.29) is 18.4 Å². The zero-order chi connectivity index (χ0) is 20.8. The topological polar surface area (TPSA) is 63.0 Å². The maximum atomic E-state index is 12.6. The van der Waals surface area contributed by atoms with Crippen LogP contribution in [0.1, 0.15) is 21.7 Å². The summed E-state index contributed by atoms with van der Waals surface area (Å²) < 4.78 is 11.0. The largest absolute Gasteiger partial charge is 0.483 e. The molecule has 1 aliphatic heterocycles. The molecule has 154 valence electrons. The lowest BCUT2D eigenvalue weighted by molar-refractivity contribution is -0.134. The number of carbonyl (C=O) groups excluding carboxylic acids is 2. The van der Waals surface area contributed by atoms with Crippen molar-refractivity contribution in [3.05, 3.63) is 89.9 Å². The lowest BCUT2D eigenvalue weighted by Gasteiger charge is -2.34. The zero-order valence-electron chi connectivity index (χ0n) is 16.7. The molecular formula is C24H24N2O4. The summed E-state index contributed by atoms with van der Waals surface area (Å²) in [7, 11) is 0. The molecule has 0 spiro atoms. The summed E-state index contributed by atoms with van der Waals surface area (Å²) in [6.45, 7) is 1.92. The standard InChI is InChI=1S/C24H24N2O4/c27-23(25-12-14-26(15-13-25)24(28)22-11-6-16-29-22)18-30-21-10-5-4-9-20(21)17-19-7-2-1-3-8-19/h1-11,16H,12-15,17-18H2. The Bertz CT molecular complexity index is 977. The lowest BCUT2D eigenvalue weighted by Crippen LogP contribution is -2.51. The van der Waals surface area contributed by atoms with Crippen LogP contribution in [0.4, 0.5) is 0 Å². The first-order valence-electron chi connectivity index (χ1n) is 10.1. The fraction of sp³-hybridized carbons (Fsp3) is 0.250. The first-order valence-corrected chi connectivity index (χ1v) is 10.1. The van der Waals surface area contributed by atoms with Gasteiger partial charge in [0.1, 0.15) is 5.75 Å². The Hall–Kier alpha value is -3.54. The van der Waals surface area contributed by atoms with Gasteiger partial charge in [-0.2, -0.15) is 0 Å². The monoisotopic (exact) mass is 404 g/mol. The molecule has 0 saturated carbocycles. The predicted octanol–water partition coefficient (Wildman–Crippen LogP) is 3.23. The van der Waals surface area contributed by atoms with Crippen molar-refractivity contribution < 1.29 is 18.7 Å². The zero-order valence-corrected chi connectivity index (χ0v) is 16.7. The summed E-state index contributed by atoms with van der Waals surface area (Å²) in [5.74, 6) is 0.835. The maximum absolute atomic E-state index is 12.6. The van der Waals surface area contributed by atoms with Gasteiger partial charge in [-0.1, -0.05) is 48.5 Å². The Labute approximate surface area is 175 Å². The molecule has 1 fully saturated rings. The van der Waals surface area contributed by atoms with Crippen molar-refractivity contribution in [2.45, 2.75) is 6.42 Å². The van der Waals surface area contributed by atoms with Gasteiger partial charge in [-0.25, -0.2) is 0 Å². The van der Waals surface area contributed by atoms with Crippen molar-refractivity contribution in [3.8, 4) is 5.75 Å². The van der Waals surface area contributed by atoms with E-state index < -0.39 is 0 Å². The highest BCUT2D eigenvalue weighted by Crippen LogP contribution is 2.21. The molecule has 0 radical (unpaired) electrons. The molecule has 0 aliphatic carbocycles. The third-order valence-corrected chi connectivity index (χ3v) is 5.21. The number of benzene rings is 2. The lowest BCUT2D eigenvalue weighted by atomic mass is 10.0. The Morgan fingerprint density at radius 1 is 0.833 bits per heavy atom. The number of rotatable bonds is 6. The second kappa shape index (κ2) is 9.31. The first kappa shape index (κ1) is 19.8. The average molecular weight is 404 g/mol. The van der Waals surface area contributed by atoms with E-state index >= 15 is 0 Å². The van der Waals surface area contributed by atoms with E-state index in [9.17, 15) is 9.59 Å². The van der Waals surface area contributed by atoms with Gasteiger partial charge in [-0.05, 0) is 29.3 Å². The van der Waals surface area contributed by atoms with Crippen LogP contribution < -0.4 is 4.74 Å². The third kappa shape index (κ3) is 4.71. The maximum Gasteiger partial charge on any atom is 0.289 e. The minimum absolute atomic E-state index is 0.0159. The van der Waals surface area contributed by atoms with Crippen LogP contribution in [0.2, 0.25) is 0 Å². The van der Waals surface area contributed by atoms with Crippen LogP contribution in [-0.2, 0) is 11.2 Å². The van der Waals surface area contributed by atoms with Crippen LogP contribution in [0, 0.1) is 0 Å². The minimum atomic E-state index is -0.141. The fourth-order valence-corrected chi connectivity index (χ4v) is 3.55. The molecule has 4 rings (SSSR count). The highest BCUT2D eigenvalue weighted by Gasteiger charge is 2.26. The molecule has 30 heavy (non-hydrogen) atoms. The fourth-order valence-electron chi connectivity index (χ4n) is 3.55. The van der Waals surface area contributed by atoms with Gasteiger partial charge in [0.15, 0.2) is 12.4 Å². The molecule has 3 aromatic rings. The van der Waals surface area contributed by atoms with E-state index in [2.05, 4.69) is 12.1 Å². The van der Waals surface area contributed by atoms with Crippen LogP contribution in [0.15, 0.2) is 77.4 Å². The molecule has 2 aromatic carbocycles. The predicted molar refractivity (Wildman–Crippen MR) is 112 cm³/mol. The summed E-state index contributed by atoms with van der Waals surface area (Å²) in [5, 5.41) is 0. The Kier molecular flexibility index (Phi) is 6.13. The van der Waals surface area contributed by atoms with E-state index in [0.717, 1.165) is 17.7 Å². The molecule has 2 amide bonds. The van der Waals surface area contributed by atoms with Gasteiger partial charge < -0.3 is 19.0 Å². The van der Waals surface area contributed by atoms with Gasteiger partial charge >= 0.3 is 0 Å². The van der Waals surface area contributed by atoms with Crippen LogP contribution >= 0.6 is 0 Å².